The van der Waals surface area contributed by atoms with Crippen molar-refractivity contribution in [2.24, 2.45) is 0 Å². The standard InChI is InChI=1S/C45H27N3O2S/c1-2-10-26(11-3-1)43-46-44(28-21-22-31-30-12-4-6-18-37(30)49-38(31)24-28)48-45(47-43)36-17-9-16-35-34-15-8-14-29(41(34)50-42(35)36)27-20-23-33-32-13-5-7-19-39(32)51-40(33)25-27/h1-25,30,37H. The van der Waals surface area contributed by atoms with Crippen molar-refractivity contribution in [1.29, 1.82) is 0 Å². The highest BCUT2D eigenvalue weighted by Crippen LogP contribution is 2.44. The van der Waals surface area contributed by atoms with Gasteiger partial charge in [-0.25, -0.2) is 15.0 Å². The van der Waals surface area contributed by atoms with E-state index in [9.17, 15) is 0 Å². The van der Waals surface area contributed by atoms with Crippen molar-refractivity contribution in [1.82, 2.24) is 15.0 Å². The second kappa shape index (κ2) is 11.1. The number of nitrogens with zero attached hydrogens (tertiary/aromatic N) is 3. The fraction of sp³-hybridized carbons (Fsp3) is 0.0444. The number of thiophene rings is 1. The third-order valence-electron chi connectivity index (χ3n) is 10.1. The summed E-state index contributed by atoms with van der Waals surface area (Å²) in [6, 6.07) is 44.3. The zero-order valence-electron chi connectivity index (χ0n) is 27.2. The van der Waals surface area contributed by atoms with Crippen LogP contribution in [0.1, 0.15) is 11.5 Å². The molecule has 9 aromatic rings. The summed E-state index contributed by atoms with van der Waals surface area (Å²) in [6.45, 7) is 0. The summed E-state index contributed by atoms with van der Waals surface area (Å²) in [4.78, 5) is 15.2. The van der Waals surface area contributed by atoms with Gasteiger partial charge in [-0.3, -0.25) is 0 Å². The fourth-order valence-electron chi connectivity index (χ4n) is 7.64. The van der Waals surface area contributed by atoms with Crippen LogP contribution < -0.4 is 4.74 Å². The maximum absolute atomic E-state index is 6.87. The van der Waals surface area contributed by atoms with Crippen LogP contribution in [0.25, 0.3) is 87.4 Å². The number of aromatic nitrogens is 3. The summed E-state index contributed by atoms with van der Waals surface area (Å²) < 4.78 is 15.8. The van der Waals surface area contributed by atoms with Gasteiger partial charge in [-0.15, -0.1) is 11.3 Å². The molecule has 1 aliphatic carbocycles. The van der Waals surface area contributed by atoms with Crippen LogP contribution in [0.5, 0.6) is 5.75 Å². The maximum Gasteiger partial charge on any atom is 0.167 e. The average molecular weight is 674 g/mol. The molecular weight excluding hydrogens is 647 g/mol. The summed E-state index contributed by atoms with van der Waals surface area (Å²) in [7, 11) is 0. The van der Waals surface area contributed by atoms with Gasteiger partial charge in [-0.1, -0.05) is 121 Å². The number of hydrogen-bond acceptors (Lipinski definition) is 6. The van der Waals surface area contributed by atoms with Gasteiger partial charge in [0.15, 0.2) is 17.5 Å². The molecule has 0 spiro atoms. The Morgan fingerprint density at radius 2 is 1.18 bits per heavy atom. The van der Waals surface area contributed by atoms with Crippen molar-refractivity contribution in [3.05, 3.63) is 157 Å². The van der Waals surface area contributed by atoms with Crippen molar-refractivity contribution in [2.45, 2.75) is 12.0 Å². The van der Waals surface area contributed by atoms with E-state index in [0.29, 0.717) is 17.5 Å². The molecule has 11 rings (SSSR count). The van der Waals surface area contributed by atoms with Gasteiger partial charge in [-0.2, -0.15) is 0 Å². The molecule has 240 valence electrons. The SMILES string of the molecule is C1=CC2Oc3cc(-c4nc(-c5ccccc5)nc(-c5cccc6c5oc5c(-c7ccc8c(c7)sc7ccccc78)cccc56)n4)ccc3C2C=C1. The van der Waals surface area contributed by atoms with E-state index in [1.54, 1.807) is 0 Å². The van der Waals surface area contributed by atoms with E-state index >= 15 is 0 Å². The van der Waals surface area contributed by atoms with Crippen LogP contribution in [0.15, 0.2) is 156 Å². The number of rotatable bonds is 4. The van der Waals surface area contributed by atoms with Gasteiger partial charge in [0.2, 0.25) is 0 Å². The molecule has 1 aliphatic heterocycles. The lowest BCUT2D eigenvalue weighted by Crippen LogP contribution is -2.15. The van der Waals surface area contributed by atoms with Gasteiger partial charge in [-0.05, 0) is 35.9 Å². The Labute approximate surface area is 296 Å². The number of furan rings is 1. The molecule has 0 saturated heterocycles. The first-order valence-corrected chi connectivity index (χ1v) is 17.9. The van der Waals surface area contributed by atoms with Gasteiger partial charge in [0.05, 0.1) is 5.56 Å². The number of allylic oxidation sites excluding steroid dienone is 2. The molecule has 0 saturated carbocycles. The van der Waals surface area contributed by atoms with Gasteiger partial charge >= 0.3 is 0 Å². The number of benzene rings is 6. The molecule has 6 aromatic carbocycles. The Hall–Kier alpha value is -6.37. The average Bonchev–Trinajstić information content (AvgIpc) is 3.88. The normalized spacial score (nSPS) is 16.2. The molecular formula is C45H27N3O2S. The van der Waals surface area contributed by atoms with Gasteiger partial charge in [0.1, 0.15) is 23.0 Å². The number of hydrogen-bond donors (Lipinski definition) is 0. The molecule has 0 fully saturated rings. The predicted octanol–water partition coefficient (Wildman–Crippen LogP) is 11.8. The molecule has 2 aliphatic rings. The Kier molecular flexibility index (Phi) is 6.18. The van der Waals surface area contributed by atoms with Crippen LogP contribution in [0.2, 0.25) is 0 Å². The summed E-state index contributed by atoms with van der Waals surface area (Å²) in [5.41, 5.74) is 7.55. The quantitative estimate of drug-likeness (QED) is 0.186. The van der Waals surface area contributed by atoms with Crippen molar-refractivity contribution < 1.29 is 9.15 Å². The van der Waals surface area contributed by atoms with Crippen LogP contribution in [-0.4, -0.2) is 21.1 Å². The largest absolute Gasteiger partial charge is 0.485 e. The van der Waals surface area contributed by atoms with E-state index < -0.39 is 0 Å². The van der Waals surface area contributed by atoms with E-state index in [0.717, 1.165) is 55.5 Å². The van der Waals surface area contributed by atoms with Gasteiger partial charge in [0, 0.05) is 59.1 Å². The van der Waals surface area contributed by atoms with E-state index in [1.165, 1.54) is 25.7 Å². The summed E-state index contributed by atoms with van der Waals surface area (Å²) in [5.74, 6) is 2.81. The van der Waals surface area contributed by atoms with E-state index in [4.69, 9.17) is 24.1 Å². The molecule has 0 N–H and O–H groups in total. The summed E-state index contributed by atoms with van der Waals surface area (Å²) in [5, 5.41) is 4.64. The molecule has 2 unspecified atom stereocenters. The molecule has 2 atom stereocenters. The third kappa shape index (κ3) is 4.50. The summed E-state index contributed by atoms with van der Waals surface area (Å²) >= 11 is 1.82. The summed E-state index contributed by atoms with van der Waals surface area (Å²) in [6.07, 6.45) is 8.46. The van der Waals surface area contributed by atoms with E-state index in [1.807, 2.05) is 53.8 Å². The monoisotopic (exact) mass is 673 g/mol. The minimum atomic E-state index is 0.0106. The van der Waals surface area contributed by atoms with Crippen LogP contribution in [0.3, 0.4) is 0 Å². The van der Waals surface area contributed by atoms with Crippen molar-refractivity contribution >= 4 is 53.4 Å². The molecule has 0 bridgehead atoms. The number of fused-ring (bicyclic) bond motifs is 9. The lowest BCUT2D eigenvalue weighted by Gasteiger charge is -2.13. The number of para-hydroxylation sites is 2. The Morgan fingerprint density at radius 1 is 0.490 bits per heavy atom. The first-order valence-electron chi connectivity index (χ1n) is 17.1. The lowest BCUT2D eigenvalue weighted by atomic mass is 9.91. The Bertz CT molecular complexity index is 2920. The van der Waals surface area contributed by atoms with E-state index in [2.05, 4.69) is 109 Å². The lowest BCUT2D eigenvalue weighted by molar-refractivity contribution is 0.269. The first-order chi connectivity index (χ1) is 25.2. The van der Waals surface area contributed by atoms with E-state index in [-0.39, 0.29) is 12.0 Å². The van der Waals surface area contributed by atoms with Crippen LogP contribution >= 0.6 is 11.3 Å². The third-order valence-corrected chi connectivity index (χ3v) is 11.2. The fourth-order valence-corrected chi connectivity index (χ4v) is 8.78. The van der Waals surface area contributed by atoms with Crippen LogP contribution in [0, 0.1) is 0 Å². The minimum Gasteiger partial charge on any atom is -0.485 e. The highest BCUT2D eigenvalue weighted by atomic mass is 32.1. The second-order valence-corrected chi connectivity index (χ2v) is 14.2. The Morgan fingerprint density at radius 3 is 2.06 bits per heavy atom. The molecule has 0 radical (unpaired) electrons. The maximum atomic E-state index is 6.87. The topological polar surface area (TPSA) is 61.0 Å². The zero-order chi connectivity index (χ0) is 33.5. The van der Waals surface area contributed by atoms with Gasteiger partial charge in [0.25, 0.3) is 0 Å². The molecule has 0 amide bonds. The first kappa shape index (κ1) is 28.5. The molecule has 3 aromatic heterocycles. The molecule has 5 nitrogen and oxygen atoms in total. The smallest absolute Gasteiger partial charge is 0.167 e. The van der Waals surface area contributed by atoms with Crippen molar-refractivity contribution in [2.75, 3.05) is 0 Å². The van der Waals surface area contributed by atoms with Crippen molar-refractivity contribution in [3.8, 4) is 51.0 Å². The predicted molar refractivity (Wildman–Crippen MR) is 207 cm³/mol. The van der Waals surface area contributed by atoms with Crippen molar-refractivity contribution in [3.63, 3.8) is 0 Å². The minimum absolute atomic E-state index is 0.0106. The highest BCUT2D eigenvalue weighted by Gasteiger charge is 2.32. The second-order valence-electron chi connectivity index (χ2n) is 13.1. The number of ether oxygens (including phenoxy) is 1. The zero-order valence-corrected chi connectivity index (χ0v) is 28.0. The van der Waals surface area contributed by atoms with Crippen LogP contribution in [-0.2, 0) is 0 Å². The highest BCUT2D eigenvalue weighted by molar-refractivity contribution is 7.25. The Balaban J connectivity index is 1.08. The van der Waals surface area contributed by atoms with Crippen LogP contribution in [0.4, 0.5) is 0 Å². The van der Waals surface area contributed by atoms with Gasteiger partial charge < -0.3 is 9.15 Å². The molecule has 51 heavy (non-hydrogen) atoms. The molecule has 4 heterocycles. The molecule has 6 heteroatoms.